The van der Waals surface area contributed by atoms with Crippen molar-refractivity contribution < 1.29 is 18.3 Å². The minimum absolute atomic E-state index is 0.0771. The number of nitrogens with one attached hydrogen (secondary N) is 1. The van der Waals surface area contributed by atoms with Gasteiger partial charge in [-0.2, -0.15) is 4.31 Å². The predicted octanol–water partition coefficient (Wildman–Crippen LogP) is 0.438. The molecule has 0 spiro atoms. The van der Waals surface area contributed by atoms with Gasteiger partial charge in [0.1, 0.15) is 0 Å². The van der Waals surface area contributed by atoms with Crippen molar-refractivity contribution in [2.24, 2.45) is 5.92 Å². The zero-order chi connectivity index (χ0) is 15.8. The highest BCUT2D eigenvalue weighted by Crippen LogP contribution is 2.31. The lowest BCUT2D eigenvalue weighted by Gasteiger charge is -2.20. The summed E-state index contributed by atoms with van der Waals surface area (Å²) in [6, 6.07) is 5.78. The Morgan fingerprint density at radius 1 is 1.38 bits per heavy atom. The van der Waals surface area contributed by atoms with Gasteiger partial charge in [-0.3, -0.25) is 4.79 Å². The van der Waals surface area contributed by atoms with E-state index in [1.54, 1.807) is 6.92 Å². The molecular formula is C14H20N2O4S. The SMILES string of the molecule is CNC(=O)c1ccc(S(=O)(=O)N2C[C@@H](C)[C@@](C)(O)C2)cc1. The Morgan fingerprint density at radius 3 is 2.38 bits per heavy atom. The van der Waals surface area contributed by atoms with Crippen LogP contribution in [0, 0.1) is 5.92 Å². The van der Waals surface area contributed by atoms with Crippen LogP contribution in [-0.2, 0) is 10.0 Å². The fourth-order valence-electron chi connectivity index (χ4n) is 2.33. The zero-order valence-electron chi connectivity index (χ0n) is 12.3. The molecule has 2 N–H and O–H groups in total. The quantitative estimate of drug-likeness (QED) is 0.848. The van der Waals surface area contributed by atoms with E-state index in [4.69, 9.17) is 0 Å². The van der Waals surface area contributed by atoms with Crippen LogP contribution in [0.1, 0.15) is 24.2 Å². The number of amides is 1. The molecule has 1 aromatic rings. The molecule has 0 radical (unpaired) electrons. The van der Waals surface area contributed by atoms with Crippen LogP contribution >= 0.6 is 0 Å². The Bertz CT molecular complexity index is 637. The van der Waals surface area contributed by atoms with E-state index in [0.717, 1.165) is 0 Å². The molecule has 1 aliphatic heterocycles. The van der Waals surface area contributed by atoms with E-state index in [2.05, 4.69) is 5.32 Å². The van der Waals surface area contributed by atoms with E-state index in [9.17, 15) is 18.3 Å². The zero-order valence-corrected chi connectivity index (χ0v) is 13.1. The molecule has 116 valence electrons. The molecule has 1 heterocycles. The first-order valence-electron chi connectivity index (χ1n) is 6.73. The third kappa shape index (κ3) is 2.95. The van der Waals surface area contributed by atoms with Gasteiger partial charge < -0.3 is 10.4 Å². The summed E-state index contributed by atoms with van der Waals surface area (Å²) in [5, 5.41) is 12.6. The number of β-amino-alcohol motifs (C(OH)–C–C–N with tert-alkyl or cyclic N) is 1. The van der Waals surface area contributed by atoms with Gasteiger partial charge in [-0.15, -0.1) is 0 Å². The molecular weight excluding hydrogens is 292 g/mol. The molecule has 2 atom stereocenters. The highest BCUT2D eigenvalue weighted by atomic mass is 32.2. The highest BCUT2D eigenvalue weighted by Gasteiger charge is 2.43. The summed E-state index contributed by atoms with van der Waals surface area (Å²) >= 11 is 0. The minimum Gasteiger partial charge on any atom is -0.388 e. The van der Waals surface area contributed by atoms with Gasteiger partial charge >= 0.3 is 0 Å². The molecule has 1 fully saturated rings. The van der Waals surface area contributed by atoms with Crippen LogP contribution in [0.2, 0.25) is 0 Å². The van der Waals surface area contributed by atoms with Gasteiger partial charge in [-0.1, -0.05) is 6.92 Å². The fraction of sp³-hybridized carbons (Fsp3) is 0.500. The summed E-state index contributed by atoms with van der Waals surface area (Å²) in [5.41, 5.74) is -0.618. The Kier molecular flexibility index (Phi) is 4.10. The molecule has 0 aliphatic carbocycles. The number of benzene rings is 1. The van der Waals surface area contributed by atoms with E-state index >= 15 is 0 Å². The van der Waals surface area contributed by atoms with Crippen LogP contribution in [0.5, 0.6) is 0 Å². The molecule has 7 heteroatoms. The number of sulfonamides is 1. The Morgan fingerprint density at radius 2 is 1.95 bits per heavy atom. The van der Waals surface area contributed by atoms with Crippen molar-refractivity contribution in [2.75, 3.05) is 20.1 Å². The number of hydrogen-bond acceptors (Lipinski definition) is 4. The molecule has 1 amide bonds. The smallest absolute Gasteiger partial charge is 0.251 e. The second kappa shape index (κ2) is 5.40. The largest absolute Gasteiger partial charge is 0.388 e. The number of aliphatic hydroxyl groups is 1. The monoisotopic (exact) mass is 312 g/mol. The summed E-state index contributed by atoms with van der Waals surface area (Å²) in [7, 11) is -2.14. The first-order chi connectivity index (χ1) is 9.68. The van der Waals surface area contributed by atoms with Crippen molar-refractivity contribution in [1.29, 1.82) is 0 Å². The number of carbonyl (C=O) groups is 1. The molecule has 0 aromatic heterocycles. The van der Waals surface area contributed by atoms with E-state index in [-0.39, 0.29) is 29.8 Å². The van der Waals surface area contributed by atoms with Crippen LogP contribution in [-0.4, -0.2) is 49.5 Å². The number of hydrogen-bond donors (Lipinski definition) is 2. The van der Waals surface area contributed by atoms with Crippen molar-refractivity contribution in [3.05, 3.63) is 29.8 Å². The van der Waals surface area contributed by atoms with Crippen molar-refractivity contribution in [1.82, 2.24) is 9.62 Å². The van der Waals surface area contributed by atoms with Crippen LogP contribution in [0.4, 0.5) is 0 Å². The Balaban J connectivity index is 2.27. The maximum Gasteiger partial charge on any atom is 0.251 e. The molecule has 0 bridgehead atoms. The number of nitrogens with zero attached hydrogens (tertiary/aromatic N) is 1. The fourth-order valence-corrected chi connectivity index (χ4v) is 3.96. The lowest BCUT2D eigenvalue weighted by atomic mass is 9.95. The van der Waals surface area contributed by atoms with Gasteiger partial charge in [0.05, 0.1) is 10.5 Å². The second-order valence-electron chi connectivity index (χ2n) is 5.66. The van der Waals surface area contributed by atoms with Gasteiger partial charge in [-0.25, -0.2) is 8.42 Å². The van der Waals surface area contributed by atoms with Crippen molar-refractivity contribution in [3.8, 4) is 0 Å². The molecule has 0 saturated carbocycles. The molecule has 1 aliphatic rings. The van der Waals surface area contributed by atoms with Crippen LogP contribution in [0.3, 0.4) is 0 Å². The summed E-state index contributed by atoms with van der Waals surface area (Å²) in [4.78, 5) is 11.6. The summed E-state index contributed by atoms with van der Waals surface area (Å²) < 4.78 is 26.3. The first-order valence-corrected chi connectivity index (χ1v) is 8.17. The predicted molar refractivity (Wildman–Crippen MR) is 78.4 cm³/mol. The summed E-state index contributed by atoms with van der Waals surface area (Å²) in [6.45, 7) is 3.83. The highest BCUT2D eigenvalue weighted by molar-refractivity contribution is 7.89. The van der Waals surface area contributed by atoms with Crippen molar-refractivity contribution in [2.45, 2.75) is 24.3 Å². The molecule has 0 unspecified atom stereocenters. The summed E-state index contributed by atoms with van der Waals surface area (Å²) in [5.74, 6) is -0.394. The lowest BCUT2D eigenvalue weighted by molar-refractivity contribution is 0.0404. The van der Waals surface area contributed by atoms with E-state index in [1.807, 2.05) is 6.92 Å². The van der Waals surface area contributed by atoms with Crippen LogP contribution in [0.25, 0.3) is 0 Å². The van der Waals surface area contributed by atoms with Crippen LogP contribution in [0.15, 0.2) is 29.2 Å². The Labute approximate surface area is 124 Å². The topological polar surface area (TPSA) is 86.7 Å². The van der Waals surface area contributed by atoms with Crippen molar-refractivity contribution in [3.63, 3.8) is 0 Å². The molecule has 1 saturated heterocycles. The van der Waals surface area contributed by atoms with Crippen LogP contribution < -0.4 is 5.32 Å². The van der Waals surface area contributed by atoms with Gasteiger partial charge in [0.25, 0.3) is 5.91 Å². The van der Waals surface area contributed by atoms with E-state index < -0.39 is 15.6 Å². The average Bonchev–Trinajstić information content (AvgIpc) is 2.73. The van der Waals surface area contributed by atoms with E-state index in [0.29, 0.717) is 5.56 Å². The van der Waals surface area contributed by atoms with Gasteiger partial charge in [0.2, 0.25) is 10.0 Å². The van der Waals surface area contributed by atoms with Crippen molar-refractivity contribution >= 4 is 15.9 Å². The minimum atomic E-state index is -3.65. The second-order valence-corrected chi connectivity index (χ2v) is 7.60. The normalized spacial score (nSPS) is 26.8. The Hall–Kier alpha value is -1.44. The molecule has 21 heavy (non-hydrogen) atoms. The third-order valence-corrected chi connectivity index (χ3v) is 5.84. The average molecular weight is 312 g/mol. The van der Waals surface area contributed by atoms with Gasteiger partial charge in [0, 0.05) is 25.7 Å². The maximum atomic E-state index is 12.5. The summed E-state index contributed by atoms with van der Waals surface area (Å²) in [6.07, 6.45) is 0. The first kappa shape index (κ1) is 15.9. The van der Waals surface area contributed by atoms with Gasteiger partial charge in [-0.05, 0) is 37.1 Å². The number of rotatable bonds is 3. The maximum absolute atomic E-state index is 12.5. The third-order valence-electron chi connectivity index (χ3n) is 4.02. The molecule has 1 aromatic carbocycles. The molecule has 6 nitrogen and oxygen atoms in total. The van der Waals surface area contributed by atoms with Gasteiger partial charge in [0.15, 0.2) is 0 Å². The molecule has 2 rings (SSSR count). The number of carbonyl (C=O) groups excluding carboxylic acids is 1. The van der Waals surface area contributed by atoms with E-state index in [1.165, 1.54) is 35.6 Å². The lowest BCUT2D eigenvalue weighted by Crippen LogP contribution is -2.35. The standard InChI is InChI=1S/C14H20N2O4S/c1-10-8-16(9-14(10,2)18)21(19,20)12-6-4-11(5-7-12)13(17)15-3/h4-7,10,18H,8-9H2,1-3H3,(H,15,17)/t10-,14+/m1/s1.